The number of hydrogen-bond donors (Lipinski definition) is 0. The summed E-state index contributed by atoms with van der Waals surface area (Å²) in [5.74, 6) is 0.135. The first kappa shape index (κ1) is 12.1. The molecule has 15 heavy (non-hydrogen) atoms. The summed E-state index contributed by atoms with van der Waals surface area (Å²) in [5, 5.41) is 10.8. The zero-order valence-corrected chi connectivity index (χ0v) is 9.49. The third kappa shape index (κ3) is 3.29. The summed E-state index contributed by atoms with van der Waals surface area (Å²) in [6.45, 7) is 3.20. The predicted octanol–water partition coefficient (Wildman–Crippen LogP) is 2.58. The van der Waals surface area contributed by atoms with E-state index in [9.17, 15) is 14.9 Å². The molecule has 1 atom stereocenters. The van der Waals surface area contributed by atoms with E-state index in [1.165, 1.54) is 0 Å². The first-order chi connectivity index (χ1) is 6.93. The Morgan fingerprint density at radius 3 is 2.67 bits per heavy atom. The summed E-state index contributed by atoms with van der Waals surface area (Å²) in [6, 6.07) is 0. The van der Waals surface area contributed by atoms with Gasteiger partial charge in [0.15, 0.2) is 0 Å². The third-order valence-electron chi connectivity index (χ3n) is 3.17. The zero-order valence-electron chi connectivity index (χ0n) is 9.49. The molecule has 0 amide bonds. The van der Waals surface area contributed by atoms with Gasteiger partial charge in [-0.05, 0) is 12.8 Å². The number of rotatable bonds is 3. The lowest BCUT2D eigenvalue weighted by atomic mass is 9.86. The number of Topliss-reactive ketones (excluding diaryl/α,β-unsaturated/α-hetero) is 1. The molecular formula is C11H19NO3. The molecule has 0 bridgehead atoms. The van der Waals surface area contributed by atoms with Crippen molar-refractivity contribution in [2.45, 2.75) is 57.9 Å². The number of carbonyl (C=O) groups excluding carboxylic acids is 1. The van der Waals surface area contributed by atoms with E-state index in [0.29, 0.717) is 12.8 Å². The topological polar surface area (TPSA) is 60.2 Å². The Morgan fingerprint density at radius 1 is 1.40 bits per heavy atom. The molecule has 0 aromatic rings. The van der Waals surface area contributed by atoms with Crippen molar-refractivity contribution in [3.05, 3.63) is 10.1 Å². The van der Waals surface area contributed by atoms with E-state index in [2.05, 4.69) is 0 Å². The van der Waals surface area contributed by atoms with E-state index in [-0.39, 0.29) is 16.6 Å². The van der Waals surface area contributed by atoms with Crippen molar-refractivity contribution in [2.75, 3.05) is 0 Å². The largest absolute Gasteiger partial charge is 0.299 e. The molecule has 4 heteroatoms. The van der Waals surface area contributed by atoms with Crippen LogP contribution in [0.5, 0.6) is 0 Å². The zero-order chi connectivity index (χ0) is 11.5. The lowest BCUT2D eigenvalue weighted by Gasteiger charge is -2.20. The van der Waals surface area contributed by atoms with Crippen LogP contribution in [0.25, 0.3) is 0 Å². The molecule has 0 saturated heterocycles. The Bertz CT molecular complexity index is 261. The number of hydrogen-bond acceptors (Lipinski definition) is 3. The maximum atomic E-state index is 11.7. The predicted molar refractivity (Wildman–Crippen MR) is 57.3 cm³/mol. The first-order valence-corrected chi connectivity index (χ1v) is 5.61. The van der Waals surface area contributed by atoms with E-state index < -0.39 is 5.54 Å². The molecule has 1 fully saturated rings. The molecule has 0 aromatic carbocycles. The summed E-state index contributed by atoms with van der Waals surface area (Å²) in [6.07, 6.45) is 4.90. The SMILES string of the molecule is CC(C)(CC1CCCCCC1=O)[N+](=O)[O-]. The van der Waals surface area contributed by atoms with E-state index in [4.69, 9.17) is 0 Å². The summed E-state index contributed by atoms with van der Waals surface area (Å²) in [7, 11) is 0. The van der Waals surface area contributed by atoms with Crippen LogP contribution >= 0.6 is 0 Å². The molecule has 1 aliphatic carbocycles. The highest BCUT2D eigenvalue weighted by atomic mass is 16.6. The fraction of sp³-hybridized carbons (Fsp3) is 0.909. The van der Waals surface area contributed by atoms with E-state index in [0.717, 1.165) is 25.7 Å². The molecule has 0 radical (unpaired) electrons. The molecule has 1 saturated carbocycles. The van der Waals surface area contributed by atoms with Gasteiger partial charge in [0.2, 0.25) is 5.54 Å². The number of carbonyl (C=O) groups is 1. The van der Waals surface area contributed by atoms with Gasteiger partial charge in [0.05, 0.1) is 0 Å². The standard InChI is InChI=1S/C11H19NO3/c1-11(2,12(14)15)8-9-6-4-3-5-7-10(9)13/h9H,3-8H2,1-2H3. The van der Waals surface area contributed by atoms with Crippen LogP contribution < -0.4 is 0 Å². The van der Waals surface area contributed by atoms with Crippen LogP contribution in [0.15, 0.2) is 0 Å². The molecule has 0 N–H and O–H groups in total. The maximum Gasteiger partial charge on any atom is 0.217 e. The fourth-order valence-corrected chi connectivity index (χ4v) is 2.13. The van der Waals surface area contributed by atoms with Crippen molar-refractivity contribution in [2.24, 2.45) is 5.92 Å². The van der Waals surface area contributed by atoms with Crippen molar-refractivity contribution in [1.82, 2.24) is 0 Å². The number of nitro groups is 1. The lowest BCUT2D eigenvalue weighted by molar-refractivity contribution is -0.562. The number of nitrogens with zero attached hydrogens (tertiary/aromatic N) is 1. The normalized spacial score (nSPS) is 23.6. The number of ketones is 1. The Hall–Kier alpha value is -0.930. The minimum Gasteiger partial charge on any atom is -0.299 e. The van der Waals surface area contributed by atoms with Crippen LogP contribution in [-0.4, -0.2) is 16.2 Å². The quantitative estimate of drug-likeness (QED) is 0.411. The van der Waals surface area contributed by atoms with Crippen LogP contribution in [0, 0.1) is 16.0 Å². The van der Waals surface area contributed by atoms with Crippen molar-refractivity contribution < 1.29 is 9.72 Å². The van der Waals surface area contributed by atoms with E-state index in [1.54, 1.807) is 13.8 Å². The van der Waals surface area contributed by atoms with Crippen LogP contribution in [0.1, 0.15) is 52.4 Å². The Balaban J connectivity index is 2.62. The van der Waals surface area contributed by atoms with Gasteiger partial charge in [0.25, 0.3) is 0 Å². The molecule has 0 aliphatic heterocycles. The maximum absolute atomic E-state index is 11.7. The van der Waals surface area contributed by atoms with Crippen molar-refractivity contribution in [1.29, 1.82) is 0 Å². The highest BCUT2D eigenvalue weighted by Gasteiger charge is 2.36. The monoisotopic (exact) mass is 213 g/mol. The molecule has 0 spiro atoms. The van der Waals surface area contributed by atoms with Crippen molar-refractivity contribution in [3.8, 4) is 0 Å². The molecule has 4 nitrogen and oxygen atoms in total. The molecule has 86 valence electrons. The van der Waals surface area contributed by atoms with Gasteiger partial charge in [0, 0.05) is 37.5 Å². The molecule has 1 unspecified atom stereocenters. The van der Waals surface area contributed by atoms with Gasteiger partial charge >= 0.3 is 0 Å². The highest BCUT2D eigenvalue weighted by Crippen LogP contribution is 2.28. The molecule has 0 heterocycles. The van der Waals surface area contributed by atoms with Gasteiger partial charge < -0.3 is 0 Å². The molecule has 1 aliphatic rings. The van der Waals surface area contributed by atoms with Gasteiger partial charge in [-0.15, -0.1) is 0 Å². The lowest BCUT2D eigenvalue weighted by Crippen LogP contribution is -2.35. The Kier molecular flexibility index (Phi) is 3.83. The second-order valence-electron chi connectivity index (χ2n) is 5.04. The Morgan fingerprint density at radius 2 is 2.07 bits per heavy atom. The second-order valence-corrected chi connectivity index (χ2v) is 5.04. The summed E-state index contributed by atoms with van der Waals surface area (Å²) >= 11 is 0. The second kappa shape index (κ2) is 4.73. The summed E-state index contributed by atoms with van der Waals surface area (Å²) < 4.78 is 0. The smallest absolute Gasteiger partial charge is 0.217 e. The average molecular weight is 213 g/mol. The van der Waals surface area contributed by atoms with Crippen LogP contribution in [0.4, 0.5) is 0 Å². The van der Waals surface area contributed by atoms with Crippen LogP contribution in [0.3, 0.4) is 0 Å². The van der Waals surface area contributed by atoms with Gasteiger partial charge in [-0.25, -0.2) is 0 Å². The fourth-order valence-electron chi connectivity index (χ4n) is 2.13. The molecule has 1 rings (SSSR count). The van der Waals surface area contributed by atoms with Gasteiger partial charge in [-0.1, -0.05) is 12.8 Å². The van der Waals surface area contributed by atoms with Crippen molar-refractivity contribution >= 4 is 5.78 Å². The van der Waals surface area contributed by atoms with Gasteiger partial charge in [-0.2, -0.15) is 0 Å². The summed E-state index contributed by atoms with van der Waals surface area (Å²) in [4.78, 5) is 22.2. The van der Waals surface area contributed by atoms with E-state index >= 15 is 0 Å². The molecule has 0 aromatic heterocycles. The minimum atomic E-state index is -0.968. The van der Waals surface area contributed by atoms with Crippen LogP contribution in [-0.2, 0) is 4.79 Å². The van der Waals surface area contributed by atoms with Gasteiger partial charge in [-0.3, -0.25) is 14.9 Å². The first-order valence-electron chi connectivity index (χ1n) is 5.61. The van der Waals surface area contributed by atoms with Gasteiger partial charge in [0.1, 0.15) is 5.78 Å². The minimum absolute atomic E-state index is 0.0899. The highest BCUT2D eigenvalue weighted by molar-refractivity contribution is 5.81. The Labute approximate surface area is 90.2 Å². The van der Waals surface area contributed by atoms with Crippen LogP contribution in [0.2, 0.25) is 0 Å². The molecular weight excluding hydrogens is 194 g/mol. The average Bonchev–Trinajstić information content (AvgIpc) is 2.31. The third-order valence-corrected chi connectivity index (χ3v) is 3.17. The van der Waals surface area contributed by atoms with E-state index in [1.807, 2.05) is 0 Å². The summed E-state index contributed by atoms with van der Waals surface area (Å²) in [5.41, 5.74) is -0.968. The van der Waals surface area contributed by atoms with Crippen molar-refractivity contribution in [3.63, 3.8) is 0 Å².